The van der Waals surface area contributed by atoms with E-state index in [2.05, 4.69) is 14.8 Å². The molecule has 0 spiro atoms. The highest BCUT2D eigenvalue weighted by Crippen LogP contribution is 2.28. The Morgan fingerprint density at radius 1 is 1.24 bits per heavy atom. The number of carboxylic acid groups (broad SMARTS) is 1. The van der Waals surface area contributed by atoms with Gasteiger partial charge in [0.1, 0.15) is 5.82 Å². The Labute approximate surface area is 126 Å². The van der Waals surface area contributed by atoms with Crippen molar-refractivity contribution in [3.05, 3.63) is 24.4 Å². The Morgan fingerprint density at radius 3 is 2.38 bits per heavy atom. The van der Waals surface area contributed by atoms with E-state index in [-0.39, 0.29) is 0 Å². The maximum Gasteiger partial charge on any atom is 0.310 e. The molecular formula is C16H25N3O2. The topological polar surface area (TPSA) is 56.7 Å². The third-order valence-electron chi connectivity index (χ3n) is 4.68. The molecule has 0 aliphatic carbocycles. The van der Waals surface area contributed by atoms with Gasteiger partial charge < -0.3 is 10.0 Å². The van der Waals surface area contributed by atoms with E-state index in [4.69, 9.17) is 0 Å². The molecule has 0 saturated carbocycles. The van der Waals surface area contributed by atoms with Crippen LogP contribution < -0.4 is 4.90 Å². The van der Waals surface area contributed by atoms with Crippen LogP contribution in [0.5, 0.6) is 0 Å². The maximum atomic E-state index is 11.6. The van der Waals surface area contributed by atoms with Gasteiger partial charge in [-0.25, -0.2) is 4.98 Å². The Morgan fingerprint density at radius 2 is 1.90 bits per heavy atom. The summed E-state index contributed by atoms with van der Waals surface area (Å²) in [5.41, 5.74) is -0.604. The van der Waals surface area contributed by atoms with Gasteiger partial charge in [-0.05, 0) is 25.0 Å². The molecule has 0 amide bonds. The maximum absolute atomic E-state index is 11.6. The fourth-order valence-electron chi connectivity index (χ4n) is 2.95. The van der Waals surface area contributed by atoms with Crippen LogP contribution in [0.3, 0.4) is 0 Å². The van der Waals surface area contributed by atoms with Crippen LogP contribution >= 0.6 is 0 Å². The van der Waals surface area contributed by atoms with Crippen molar-refractivity contribution in [2.45, 2.75) is 26.7 Å². The number of nitrogens with zero attached hydrogens (tertiary/aromatic N) is 3. The predicted octanol–water partition coefficient (Wildman–Crippen LogP) is 2.09. The zero-order chi connectivity index (χ0) is 15.3. The summed E-state index contributed by atoms with van der Waals surface area (Å²) in [7, 11) is 0. The van der Waals surface area contributed by atoms with Gasteiger partial charge in [-0.2, -0.15) is 0 Å². The molecule has 0 atom stereocenters. The van der Waals surface area contributed by atoms with Gasteiger partial charge in [-0.15, -0.1) is 0 Å². The van der Waals surface area contributed by atoms with Crippen LogP contribution in [0.25, 0.3) is 0 Å². The highest BCUT2D eigenvalue weighted by molar-refractivity contribution is 5.74. The third-order valence-corrected chi connectivity index (χ3v) is 4.68. The van der Waals surface area contributed by atoms with Gasteiger partial charge >= 0.3 is 5.97 Å². The Balaban J connectivity index is 1.93. The van der Waals surface area contributed by atoms with E-state index in [0.717, 1.165) is 32.0 Å². The molecule has 2 rings (SSSR count). The first-order valence-electron chi connectivity index (χ1n) is 7.73. The summed E-state index contributed by atoms with van der Waals surface area (Å²) in [5.74, 6) is 0.340. The number of pyridine rings is 1. The molecule has 1 fully saturated rings. The second kappa shape index (κ2) is 6.89. The fraction of sp³-hybridized carbons (Fsp3) is 0.625. The van der Waals surface area contributed by atoms with Crippen LogP contribution in [0.1, 0.15) is 26.7 Å². The minimum atomic E-state index is -0.667. The van der Waals surface area contributed by atoms with Crippen molar-refractivity contribution in [3.63, 3.8) is 0 Å². The second-order valence-corrected chi connectivity index (χ2v) is 5.74. The van der Waals surface area contributed by atoms with Gasteiger partial charge in [0.15, 0.2) is 0 Å². The van der Waals surface area contributed by atoms with E-state index in [0.29, 0.717) is 19.4 Å². The molecule has 1 aromatic rings. The van der Waals surface area contributed by atoms with Gasteiger partial charge in [0, 0.05) is 38.9 Å². The molecule has 2 heterocycles. The lowest BCUT2D eigenvalue weighted by Crippen LogP contribution is -2.51. The summed E-state index contributed by atoms with van der Waals surface area (Å²) in [6.07, 6.45) is 3.17. The number of aromatic nitrogens is 1. The zero-order valence-electron chi connectivity index (χ0n) is 13.0. The van der Waals surface area contributed by atoms with Crippen molar-refractivity contribution >= 4 is 11.8 Å². The number of anilines is 1. The van der Waals surface area contributed by atoms with Crippen LogP contribution in [-0.4, -0.2) is 53.7 Å². The average molecular weight is 291 g/mol. The van der Waals surface area contributed by atoms with Crippen LogP contribution in [0, 0.1) is 5.41 Å². The molecule has 1 saturated heterocycles. The number of rotatable bonds is 6. The highest BCUT2D eigenvalue weighted by atomic mass is 16.4. The number of hydrogen-bond donors (Lipinski definition) is 1. The molecule has 116 valence electrons. The largest absolute Gasteiger partial charge is 0.481 e. The number of carboxylic acids is 1. The van der Waals surface area contributed by atoms with Gasteiger partial charge in [0.25, 0.3) is 0 Å². The molecule has 1 aliphatic heterocycles. The summed E-state index contributed by atoms with van der Waals surface area (Å²) < 4.78 is 0. The molecule has 1 N–H and O–H groups in total. The summed E-state index contributed by atoms with van der Waals surface area (Å²) in [5, 5.41) is 9.54. The normalized spacial score (nSPS) is 17.0. The Kier molecular flexibility index (Phi) is 5.17. The van der Waals surface area contributed by atoms with E-state index < -0.39 is 11.4 Å². The van der Waals surface area contributed by atoms with E-state index >= 15 is 0 Å². The smallest absolute Gasteiger partial charge is 0.310 e. The molecule has 21 heavy (non-hydrogen) atoms. The predicted molar refractivity (Wildman–Crippen MR) is 83.5 cm³/mol. The summed E-state index contributed by atoms with van der Waals surface area (Å²) in [6, 6.07) is 5.94. The molecule has 1 aromatic heterocycles. The summed E-state index contributed by atoms with van der Waals surface area (Å²) in [4.78, 5) is 20.5. The lowest BCUT2D eigenvalue weighted by atomic mass is 9.81. The van der Waals surface area contributed by atoms with E-state index in [1.165, 1.54) is 0 Å². The number of carbonyl (C=O) groups is 1. The second-order valence-electron chi connectivity index (χ2n) is 5.74. The van der Waals surface area contributed by atoms with Gasteiger partial charge in [0.05, 0.1) is 5.41 Å². The first-order chi connectivity index (χ1) is 10.1. The van der Waals surface area contributed by atoms with E-state index in [1.807, 2.05) is 38.2 Å². The monoisotopic (exact) mass is 291 g/mol. The van der Waals surface area contributed by atoms with Gasteiger partial charge in [0.2, 0.25) is 0 Å². The van der Waals surface area contributed by atoms with Gasteiger partial charge in [-0.1, -0.05) is 19.9 Å². The number of hydrogen-bond acceptors (Lipinski definition) is 4. The minimum Gasteiger partial charge on any atom is -0.481 e. The summed E-state index contributed by atoms with van der Waals surface area (Å²) in [6.45, 7) is 8.19. The third kappa shape index (κ3) is 3.53. The van der Waals surface area contributed by atoms with Crippen molar-refractivity contribution in [2.24, 2.45) is 5.41 Å². The summed E-state index contributed by atoms with van der Waals surface area (Å²) >= 11 is 0. The van der Waals surface area contributed by atoms with Crippen LogP contribution in [-0.2, 0) is 4.79 Å². The standard InChI is InChI=1S/C16H25N3O2/c1-3-16(4-2,15(20)21)13-18-9-11-19(12-10-18)14-7-5-6-8-17-14/h5-8H,3-4,9-13H2,1-2H3,(H,20,21). The molecule has 0 aromatic carbocycles. The minimum absolute atomic E-state index is 0.604. The average Bonchev–Trinajstić information content (AvgIpc) is 2.54. The number of piperazine rings is 1. The Hall–Kier alpha value is -1.62. The molecular weight excluding hydrogens is 266 g/mol. The molecule has 5 heteroatoms. The van der Waals surface area contributed by atoms with Crippen molar-refractivity contribution in [1.82, 2.24) is 9.88 Å². The van der Waals surface area contributed by atoms with Crippen molar-refractivity contribution in [2.75, 3.05) is 37.6 Å². The van der Waals surface area contributed by atoms with E-state index in [1.54, 1.807) is 0 Å². The van der Waals surface area contributed by atoms with Crippen LogP contribution in [0.2, 0.25) is 0 Å². The van der Waals surface area contributed by atoms with E-state index in [9.17, 15) is 9.90 Å². The lowest BCUT2D eigenvalue weighted by molar-refractivity contribution is -0.150. The zero-order valence-corrected chi connectivity index (χ0v) is 13.0. The quantitative estimate of drug-likeness (QED) is 0.870. The SMILES string of the molecule is CCC(CC)(CN1CCN(c2ccccn2)CC1)C(=O)O. The molecule has 0 unspecified atom stereocenters. The van der Waals surface area contributed by atoms with Crippen molar-refractivity contribution in [3.8, 4) is 0 Å². The first-order valence-corrected chi connectivity index (χ1v) is 7.73. The van der Waals surface area contributed by atoms with Crippen molar-refractivity contribution in [1.29, 1.82) is 0 Å². The highest BCUT2D eigenvalue weighted by Gasteiger charge is 2.37. The van der Waals surface area contributed by atoms with Gasteiger partial charge in [-0.3, -0.25) is 9.69 Å². The van der Waals surface area contributed by atoms with Crippen LogP contribution in [0.15, 0.2) is 24.4 Å². The van der Waals surface area contributed by atoms with Crippen molar-refractivity contribution < 1.29 is 9.90 Å². The number of aliphatic carboxylic acids is 1. The Bertz CT molecular complexity index is 452. The molecule has 0 radical (unpaired) electrons. The first kappa shape index (κ1) is 15.8. The fourth-order valence-corrected chi connectivity index (χ4v) is 2.95. The molecule has 0 bridgehead atoms. The molecule has 1 aliphatic rings. The molecule has 5 nitrogen and oxygen atoms in total. The van der Waals surface area contributed by atoms with Crippen LogP contribution in [0.4, 0.5) is 5.82 Å². The lowest BCUT2D eigenvalue weighted by Gasteiger charge is -2.39.